The SMILES string of the molecule is CCOC(=O)c1sc(N(C)C(=O)Cc2nc(-c3ccsc3)oc2C)nc1C. The largest absolute Gasteiger partial charge is 0.462 e. The number of carbonyl (C=O) groups excluding carboxylic acids is 2. The average Bonchev–Trinajstić information content (AvgIpc) is 3.35. The van der Waals surface area contributed by atoms with Crippen molar-refractivity contribution in [3.8, 4) is 11.5 Å². The fourth-order valence-corrected chi connectivity index (χ4v) is 3.95. The van der Waals surface area contributed by atoms with Crippen LogP contribution in [0.2, 0.25) is 0 Å². The molecule has 27 heavy (non-hydrogen) atoms. The summed E-state index contributed by atoms with van der Waals surface area (Å²) in [7, 11) is 1.63. The van der Waals surface area contributed by atoms with Crippen molar-refractivity contribution in [2.24, 2.45) is 0 Å². The number of hydrogen-bond donors (Lipinski definition) is 0. The number of aryl methyl sites for hydroxylation is 2. The van der Waals surface area contributed by atoms with E-state index in [0.717, 1.165) is 16.9 Å². The molecule has 0 saturated heterocycles. The van der Waals surface area contributed by atoms with Crippen molar-refractivity contribution in [2.75, 3.05) is 18.6 Å². The van der Waals surface area contributed by atoms with Gasteiger partial charge in [0.25, 0.3) is 0 Å². The van der Waals surface area contributed by atoms with Gasteiger partial charge in [-0.05, 0) is 32.2 Å². The lowest BCUT2D eigenvalue weighted by Gasteiger charge is -2.12. The second-order valence-corrected chi connectivity index (χ2v) is 7.55. The summed E-state index contributed by atoms with van der Waals surface area (Å²) in [5, 5.41) is 4.33. The Morgan fingerprint density at radius 3 is 2.74 bits per heavy atom. The zero-order valence-corrected chi connectivity index (χ0v) is 17.1. The Balaban J connectivity index is 1.75. The Hall–Kier alpha value is -2.52. The molecule has 0 aliphatic carbocycles. The predicted molar refractivity (Wildman–Crippen MR) is 104 cm³/mol. The molecule has 0 N–H and O–H groups in total. The molecule has 0 saturated carbocycles. The van der Waals surface area contributed by atoms with E-state index < -0.39 is 5.97 Å². The first-order valence-electron chi connectivity index (χ1n) is 8.30. The number of likely N-dealkylation sites (N-methyl/N-ethyl adjacent to an activating group) is 1. The molecule has 0 unspecified atom stereocenters. The molecule has 3 rings (SSSR count). The van der Waals surface area contributed by atoms with Crippen molar-refractivity contribution in [1.82, 2.24) is 9.97 Å². The van der Waals surface area contributed by atoms with Gasteiger partial charge >= 0.3 is 5.97 Å². The molecule has 142 valence electrons. The normalized spacial score (nSPS) is 10.8. The third kappa shape index (κ3) is 4.09. The predicted octanol–water partition coefficient (Wildman–Crippen LogP) is 3.86. The van der Waals surface area contributed by atoms with E-state index in [-0.39, 0.29) is 18.9 Å². The van der Waals surface area contributed by atoms with Crippen molar-refractivity contribution >= 4 is 39.7 Å². The van der Waals surface area contributed by atoms with Gasteiger partial charge in [0.15, 0.2) is 5.13 Å². The zero-order chi connectivity index (χ0) is 19.6. The first-order valence-corrected chi connectivity index (χ1v) is 10.1. The number of thiophene rings is 1. The molecule has 0 atom stereocenters. The molecule has 0 spiro atoms. The number of ether oxygens (including phenoxy) is 1. The molecule has 0 fully saturated rings. The van der Waals surface area contributed by atoms with Crippen LogP contribution in [-0.4, -0.2) is 35.5 Å². The highest BCUT2D eigenvalue weighted by atomic mass is 32.1. The Morgan fingerprint density at radius 2 is 2.07 bits per heavy atom. The zero-order valence-electron chi connectivity index (χ0n) is 15.4. The molecule has 3 heterocycles. The molecule has 0 aliphatic rings. The maximum absolute atomic E-state index is 12.7. The third-order valence-corrected chi connectivity index (χ3v) is 5.78. The molecule has 7 nitrogen and oxygen atoms in total. The van der Waals surface area contributed by atoms with Crippen molar-refractivity contribution in [3.05, 3.63) is 38.9 Å². The smallest absolute Gasteiger partial charge is 0.350 e. The Morgan fingerprint density at radius 1 is 1.30 bits per heavy atom. The first kappa shape index (κ1) is 19.2. The van der Waals surface area contributed by atoms with E-state index in [1.165, 1.54) is 4.90 Å². The molecule has 0 radical (unpaired) electrons. The minimum atomic E-state index is -0.424. The van der Waals surface area contributed by atoms with E-state index in [9.17, 15) is 9.59 Å². The molecule has 9 heteroatoms. The molecular weight excluding hydrogens is 386 g/mol. The number of hydrogen-bond acceptors (Lipinski definition) is 8. The van der Waals surface area contributed by atoms with Gasteiger partial charge in [0.1, 0.15) is 10.6 Å². The summed E-state index contributed by atoms with van der Waals surface area (Å²) in [5.74, 6) is 0.508. The van der Waals surface area contributed by atoms with Gasteiger partial charge in [-0.15, -0.1) is 0 Å². The Labute approximate surface area is 164 Å². The van der Waals surface area contributed by atoms with Crippen LogP contribution in [0.15, 0.2) is 21.2 Å². The van der Waals surface area contributed by atoms with Gasteiger partial charge < -0.3 is 9.15 Å². The standard InChI is InChI=1S/C18H19N3O4S2/c1-5-24-17(23)15-10(2)19-18(27-15)21(4)14(22)8-13-11(3)25-16(20-13)12-6-7-26-9-12/h6-7,9H,5,8H2,1-4H3. The van der Waals surface area contributed by atoms with E-state index >= 15 is 0 Å². The summed E-state index contributed by atoms with van der Waals surface area (Å²) in [5.41, 5.74) is 2.03. The molecular formula is C18H19N3O4S2. The molecule has 0 aliphatic heterocycles. The third-order valence-electron chi connectivity index (χ3n) is 3.89. The van der Waals surface area contributed by atoms with Gasteiger partial charge in [0.05, 0.1) is 24.4 Å². The fourth-order valence-electron chi connectivity index (χ4n) is 2.38. The summed E-state index contributed by atoms with van der Waals surface area (Å²) in [4.78, 5) is 35.2. The lowest BCUT2D eigenvalue weighted by Crippen LogP contribution is -2.28. The van der Waals surface area contributed by atoms with Gasteiger partial charge in [-0.3, -0.25) is 9.69 Å². The van der Waals surface area contributed by atoms with Crippen molar-refractivity contribution < 1.29 is 18.7 Å². The Kier molecular flexibility index (Phi) is 5.71. The van der Waals surface area contributed by atoms with Crippen molar-refractivity contribution in [1.29, 1.82) is 0 Å². The summed E-state index contributed by atoms with van der Waals surface area (Å²) < 4.78 is 10.7. The van der Waals surface area contributed by atoms with Crippen LogP contribution in [-0.2, 0) is 16.0 Å². The lowest BCUT2D eigenvalue weighted by molar-refractivity contribution is -0.117. The molecule has 0 aromatic carbocycles. The molecule has 1 amide bonds. The number of rotatable bonds is 6. The van der Waals surface area contributed by atoms with Gasteiger partial charge in [-0.25, -0.2) is 14.8 Å². The van der Waals surface area contributed by atoms with Gasteiger partial charge in [-0.2, -0.15) is 11.3 Å². The fraction of sp³-hybridized carbons (Fsp3) is 0.333. The van der Waals surface area contributed by atoms with Crippen LogP contribution in [0.1, 0.15) is 33.7 Å². The minimum absolute atomic E-state index is 0.0866. The van der Waals surface area contributed by atoms with Gasteiger partial charge in [0.2, 0.25) is 11.8 Å². The van der Waals surface area contributed by atoms with Crippen molar-refractivity contribution in [3.63, 3.8) is 0 Å². The van der Waals surface area contributed by atoms with E-state index in [4.69, 9.17) is 9.15 Å². The number of esters is 1. The molecule has 3 aromatic rings. The highest BCUT2D eigenvalue weighted by Crippen LogP contribution is 2.28. The monoisotopic (exact) mass is 405 g/mol. The molecule has 3 aromatic heterocycles. The maximum atomic E-state index is 12.7. The summed E-state index contributed by atoms with van der Waals surface area (Å²) in [6.07, 6.45) is 0.0866. The molecule has 0 bridgehead atoms. The highest BCUT2D eigenvalue weighted by Gasteiger charge is 2.23. The second kappa shape index (κ2) is 8.01. The van der Waals surface area contributed by atoms with Gasteiger partial charge in [-0.1, -0.05) is 11.3 Å². The topological polar surface area (TPSA) is 85.5 Å². The number of thiazole rings is 1. The number of oxazole rings is 1. The average molecular weight is 406 g/mol. The summed E-state index contributed by atoms with van der Waals surface area (Å²) >= 11 is 2.69. The highest BCUT2D eigenvalue weighted by molar-refractivity contribution is 7.17. The van der Waals surface area contributed by atoms with E-state index in [2.05, 4.69) is 9.97 Å². The van der Waals surface area contributed by atoms with Crippen LogP contribution < -0.4 is 4.90 Å². The van der Waals surface area contributed by atoms with Crippen LogP contribution in [0.3, 0.4) is 0 Å². The first-order chi connectivity index (χ1) is 12.9. The number of amides is 1. The number of carbonyl (C=O) groups is 2. The van der Waals surface area contributed by atoms with Crippen LogP contribution in [0, 0.1) is 13.8 Å². The number of nitrogens with zero attached hydrogens (tertiary/aromatic N) is 3. The number of aromatic nitrogens is 2. The summed E-state index contributed by atoms with van der Waals surface area (Å²) in [6.45, 7) is 5.55. The minimum Gasteiger partial charge on any atom is -0.462 e. The number of anilines is 1. The van der Waals surface area contributed by atoms with Crippen LogP contribution in [0.4, 0.5) is 5.13 Å². The van der Waals surface area contributed by atoms with Crippen LogP contribution >= 0.6 is 22.7 Å². The van der Waals surface area contributed by atoms with E-state index in [1.807, 2.05) is 16.8 Å². The van der Waals surface area contributed by atoms with Crippen LogP contribution in [0.5, 0.6) is 0 Å². The summed E-state index contributed by atoms with van der Waals surface area (Å²) in [6, 6.07) is 1.92. The Bertz CT molecular complexity index is 960. The van der Waals surface area contributed by atoms with Crippen LogP contribution in [0.25, 0.3) is 11.5 Å². The second-order valence-electron chi connectivity index (χ2n) is 5.79. The maximum Gasteiger partial charge on any atom is 0.350 e. The quantitative estimate of drug-likeness (QED) is 0.579. The van der Waals surface area contributed by atoms with Gasteiger partial charge in [0, 0.05) is 18.0 Å². The lowest BCUT2D eigenvalue weighted by atomic mass is 10.2. The van der Waals surface area contributed by atoms with E-state index in [0.29, 0.717) is 33.0 Å². The van der Waals surface area contributed by atoms with Crippen molar-refractivity contribution in [2.45, 2.75) is 27.2 Å². The van der Waals surface area contributed by atoms with E-state index in [1.54, 1.807) is 39.2 Å².